The number of aromatic nitrogens is 1. The van der Waals surface area contributed by atoms with E-state index in [2.05, 4.69) is 16.8 Å². The Balaban J connectivity index is 1.90. The summed E-state index contributed by atoms with van der Waals surface area (Å²) < 4.78 is 28.4. The number of nitrogens with one attached hydrogen (secondary N) is 1. The van der Waals surface area contributed by atoms with Gasteiger partial charge in [-0.05, 0) is 36.8 Å². The van der Waals surface area contributed by atoms with Crippen LogP contribution in [0, 0.1) is 11.6 Å². The highest BCUT2D eigenvalue weighted by atomic mass is 19.1. The van der Waals surface area contributed by atoms with Crippen molar-refractivity contribution in [2.75, 3.05) is 0 Å². The van der Waals surface area contributed by atoms with Crippen molar-refractivity contribution in [3.63, 3.8) is 0 Å². The van der Waals surface area contributed by atoms with Gasteiger partial charge in [0.1, 0.15) is 11.6 Å². The number of halogens is 2. The average molecular weight is 250 g/mol. The SMILES string of the molecule is CCn1ccc(CNCc2cc(F)ccc2F)c1. The molecule has 1 aromatic heterocycles. The lowest BCUT2D eigenvalue weighted by Crippen LogP contribution is -2.13. The molecule has 4 heteroatoms. The summed E-state index contributed by atoms with van der Waals surface area (Å²) in [5.41, 5.74) is 1.48. The molecule has 0 aliphatic rings. The Morgan fingerprint density at radius 3 is 2.72 bits per heavy atom. The second-order valence-corrected chi connectivity index (χ2v) is 4.19. The molecule has 2 nitrogen and oxygen atoms in total. The number of nitrogens with zero attached hydrogens (tertiary/aromatic N) is 1. The van der Waals surface area contributed by atoms with Crippen LogP contribution >= 0.6 is 0 Å². The van der Waals surface area contributed by atoms with Crippen LogP contribution in [0.2, 0.25) is 0 Å². The zero-order valence-electron chi connectivity index (χ0n) is 10.3. The summed E-state index contributed by atoms with van der Waals surface area (Å²) in [6.45, 7) is 3.96. The van der Waals surface area contributed by atoms with Crippen molar-refractivity contribution in [2.24, 2.45) is 0 Å². The Kier molecular flexibility index (Phi) is 4.10. The molecular formula is C14H16F2N2. The molecule has 0 unspecified atom stereocenters. The van der Waals surface area contributed by atoms with Crippen molar-refractivity contribution >= 4 is 0 Å². The molecule has 0 radical (unpaired) electrons. The largest absolute Gasteiger partial charge is 0.354 e. The van der Waals surface area contributed by atoms with Gasteiger partial charge in [-0.15, -0.1) is 0 Å². The van der Waals surface area contributed by atoms with Crippen LogP contribution in [-0.4, -0.2) is 4.57 Å². The van der Waals surface area contributed by atoms with Crippen molar-refractivity contribution in [3.8, 4) is 0 Å². The second-order valence-electron chi connectivity index (χ2n) is 4.19. The summed E-state index contributed by atoms with van der Waals surface area (Å²) in [6.07, 6.45) is 4.04. The van der Waals surface area contributed by atoms with Crippen LogP contribution in [0.5, 0.6) is 0 Å². The van der Waals surface area contributed by atoms with E-state index in [0.717, 1.165) is 24.2 Å². The van der Waals surface area contributed by atoms with E-state index in [4.69, 9.17) is 0 Å². The fraction of sp³-hybridized carbons (Fsp3) is 0.286. The van der Waals surface area contributed by atoms with Gasteiger partial charge in [0.05, 0.1) is 0 Å². The topological polar surface area (TPSA) is 17.0 Å². The normalized spacial score (nSPS) is 10.8. The smallest absolute Gasteiger partial charge is 0.127 e. The van der Waals surface area contributed by atoms with Crippen molar-refractivity contribution in [1.29, 1.82) is 0 Å². The Hall–Kier alpha value is -1.68. The highest BCUT2D eigenvalue weighted by molar-refractivity contribution is 5.19. The van der Waals surface area contributed by atoms with Crippen LogP contribution in [0.4, 0.5) is 8.78 Å². The molecule has 0 atom stereocenters. The van der Waals surface area contributed by atoms with Crippen LogP contribution in [0.1, 0.15) is 18.1 Å². The molecule has 1 heterocycles. The minimum atomic E-state index is -0.412. The Bertz CT molecular complexity index is 520. The van der Waals surface area contributed by atoms with Crippen LogP contribution in [0.25, 0.3) is 0 Å². The molecule has 0 fully saturated rings. The van der Waals surface area contributed by atoms with Gasteiger partial charge in [-0.2, -0.15) is 0 Å². The first-order valence-electron chi connectivity index (χ1n) is 5.98. The molecule has 0 aliphatic carbocycles. The van der Waals surface area contributed by atoms with E-state index in [9.17, 15) is 8.78 Å². The third-order valence-electron chi connectivity index (χ3n) is 2.83. The summed E-state index contributed by atoms with van der Waals surface area (Å²) >= 11 is 0. The summed E-state index contributed by atoms with van der Waals surface area (Å²) in [6, 6.07) is 5.51. The van der Waals surface area contributed by atoms with E-state index in [1.807, 2.05) is 18.5 Å². The predicted octanol–water partition coefficient (Wildman–Crippen LogP) is 3.08. The molecule has 2 aromatic rings. The maximum Gasteiger partial charge on any atom is 0.127 e. The molecule has 0 amide bonds. The van der Waals surface area contributed by atoms with E-state index in [1.165, 1.54) is 6.07 Å². The summed E-state index contributed by atoms with van der Waals surface area (Å²) in [5.74, 6) is -0.791. The molecule has 0 spiro atoms. The lowest BCUT2D eigenvalue weighted by atomic mass is 10.2. The van der Waals surface area contributed by atoms with Crippen molar-refractivity contribution in [3.05, 3.63) is 59.4 Å². The minimum absolute atomic E-state index is 0.320. The molecule has 0 saturated carbocycles. The van der Waals surface area contributed by atoms with Gasteiger partial charge in [0.25, 0.3) is 0 Å². The standard InChI is InChI=1S/C14H16F2N2/c1-2-18-6-5-11(10-18)8-17-9-12-7-13(15)3-4-14(12)16/h3-7,10,17H,2,8-9H2,1H3. The second kappa shape index (κ2) is 5.78. The number of hydrogen-bond acceptors (Lipinski definition) is 1. The summed E-state index contributed by atoms with van der Waals surface area (Å²) in [5, 5.41) is 3.10. The van der Waals surface area contributed by atoms with Gasteiger partial charge in [-0.1, -0.05) is 0 Å². The lowest BCUT2D eigenvalue weighted by Gasteiger charge is -2.05. The maximum absolute atomic E-state index is 13.3. The maximum atomic E-state index is 13.3. The molecule has 1 aromatic carbocycles. The molecule has 18 heavy (non-hydrogen) atoms. The third kappa shape index (κ3) is 3.17. The third-order valence-corrected chi connectivity index (χ3v) is 2.83. The van der Waals surface area contributed by atoms with Gasteiger partial charge in [-0.25, -0.2) is 8.78 Å². The zero-order valence-corrected chi connectivity index (χ0v) is 10.3. The van der Waals surface area contributed by atoms with Gasteiger partial charge in [0.15, 0.2) is 0 Å². The first-order chi connectivity index (χ1) is 8.69. The lowest BCUT2D eigenvalue weighted by molar-refractivity contribution is 0.568. The Morgan fingerprint density at radius 2 is 2.00 bits per heavy atom. The monoisotopic (exact) mass is 250 g/mol. The summed E-state index contributed by atoms with van der Waals surface area (Å²) in [4.78, 5) is 0. The molecule has 1 N–H and O–H groups in total. The van der Waals surface area contributed by atoms with E-state index in [-0.39, 0.29) is 5.82 Å². The molecule has 0 aliphatic heterocycles. The van der Waals surface area contributed by atoms with E-state index in [0.29, 0.717) is 18.7 Å². The molecule has 2 rings (SSSR count). The number of aryl methyl sites for hydroxylation is 1. The fourth-order valence-corrected chi connectivity index (χ4v) is 1.81. The van der Waals surface area contributed by atoms with Crippen LogP contribution in [-0.2, 0) is 19.6 Å². The number of benzene rings is 1. The Morgan fingerprint density at radius 1 is 1.17 bits per heavy atom. The highest BCUT2D eigenvalue weighted by Gasteiger charge is 2.03. The van der Waals surface area contributed by atoms with Crippen molar-refractivity contribution in [1.82, 2.24) is 9.88 Å². The van der Waals surface area contributed by atoms with Crippen LogP contribution < -0.4 is 5.32 Å². The minimum Gasteiger partial charge on any atom is -0.354 e. The number of rotatable bonds is 5. The van der Waals surface area contributed by atoms with E-state index in [1.54, 1.807) is 0 Å². The van der Waals surface area contributed by atoms with Crippen LogP contribution in [0.15, 0.2) is 36.7 Å². The van der Waals surface area contributed by atoms with Crippen molar-refractivity contribution < 1.29 is 8.78 Å². The molecule has 0 bridgehead atoms. The molecular weight excluding hydrogens is 234 g/mol. The first kappa shape index (κ1) is 12.8. The quantitative estimate of drug-likeness (QED) is 0.863. The predicted molar refractivity (Wildman–Crippen MR) is 67.0 cm³/mol. The fourth-order valence-electron chi connectivity index (χ4n) is 1.81. The van der Waals surface area contributed by atoms with Gasteiger partial charge in [0.2, 0.25) is 0 Å². The van der Waals surface area contributed by atoms with Crippen LogP contribution in [0.3, 0.4) is 0 Å². The van der Waals surface area contributed by atoms with Crippen molar-refractivity contribution in [2.45, 2.75) is 26.6 Å². The molecule has 96 valence electrons. The average Bonchev–Trinajstić information content (AvgIpc) is 2.81. The first-order valence-corrected chi connectivity index (χ1v) is 5.98. The van der Waals surface area contributed by atoms with E-state index < -0.39 is 5.82 Å². The molecule has 0 saturated heterocycles. The number of hydrogen-bond donors (Lipinski definition) is 1. The Labute approximate surface area is 105 Å². The summed E-state index contributed by atoms with van der Waals surface area (Å²) in [7, 11) is 0. The van der Waals surface area contributed by atoms with Gasteiger partial charge in [0, 0.05) is 37.6 Å². The van der Waals surface area contributed by atoms with Gasteiger partial charge in [-0.3, -0.25) is 0 Å². The van der Waals surface area contributed by atoms with Gasteiger partial charge >= 0.3 is 0 Å². The van der Waals surface area contributed by atoms with E-state index >= 15 is 0 Å². The van der Waals surface area contributed by atoms with Gasteiger partial charge < -0.3 is 9.88 Å². The highest BCUT2D eigenvalue weighted by Crippen LogP contribution is 2.09. The zero-order chi connectivity index (χ0) is 13.0.